The molecule has 0 aliphatic heterocycles. The fourth-order valence-electron chi connectivity index (χ4n) is 3.00. The van der Waals surface area contributed by atoms with E-state index in [0.717, 1.165) is 0 Å². The van der Waals surface area contributed by atoms with E-state index in [1.807, 2.05) is 6.92 Å². The molecule has 9 heteroatoms. The van der Waals surface area contributed by atoms with Crippen LogP contribution in [0.4, 0.5) is 5.69 Å². The molecule has 0 aromatic heterocycles. The summed E-state index contributed by atoms with van der Waals surface area (Å²) in [5.74, 6) is 0.643. The minimum Gasteiger partial charge on any atom is -0.490 e. The lowest BCUT2D eigenvalue weighted by molar-refractivity contribution is -0.118. The van der Waals surface area contributed by atoms with Gasteiger partial charge >= 0.3 is 0 Å². The Morgan fingerprint density at radius 2 is 1.75 bits per heavy atom. The van der Waals surface area contributed by atoms with Crippen LogP contribution in [-0.4, -0.2) is 37.8 Å². The largest absolute Gasteiger partial charge is 0.490 e. The van der Waals surface area contributed by atoms with E-state index >= 15 is 0 Å². The third kappa shape index (κ3) is 7.89. The van der Waals surface area contributed by atoms with E-state index in [4.69, 9.17) is 25.8 Å². The van der Waals surface area contributed by atoms with Crippen molar-refractivity contribution >= 4 is 35.3 Å². The average molecular weight is 508 g/mol. The molecule has 0 bridgehead atoms. The topological polar surface area (TPSA) is 98.3 Å². The van der Waals surface area contributed by atoms with Gasteiger partial charge in [-0.15, -0.1) is 0 Å². The maximum atomic E-state index is 12.6. The first-order valence-corrected chi connectivity index (χ1v) is 11.5. The number of carbonyl (C=O) groups is 2. The van der Waals surface area contributed by atoms with Crippen LogP contribution in [0.15, 0.2) is 84.5 Å². The van der Waals surface area contributed by atoms with Gasteiger partial charge in [-0.2, -0.15) is 5.10 Å². The third-order valence-electron chi connectivity index (χ3n) is 4.64. The predicted molar refractivity (Wildman–Crippen MR) is 140 cm³/mol. The highest BCUT2D eigenvalue weighted by atomic mass is 35.5. The monoisotopic (exact) mass is 507 g/mol. The molecule has 0 spiro atoms. The molecule has 186 valence electrons. The molecule has 8 nitrogen and oxygen atoms in total. The zero-order valence-electron chi connectivity index (χ0n) is 19.7. The van der Waals surface area contributed by atoms with Crippen LogP contribution in [0, 0.1) is 0 Å². The zero-order valence-corrected chi connectivity index (χ0v) is 20.5. The lowest BCUT2D eigenvalue weighted by atomic mass is 10.2. The van der Waals surface area contributed by atoms with E-state index in [2.05, 4.69) is 22.4 Å². The Bertz CT molecular complexity index is 1230. The van der Waals surface area contributed by atoms with Gasteiger partial charge in [0.2, 0.25) is 0 Å². The zero-order chi connectivity index (χ0) is 25.8. The summed E-state index contributed by atoms with van der Waals surface area (Å²) in [4.78, 5) is 24.8. The first-order chi connectivity index (χ1) is 17.5. The minimum absolute atomic E-state index is 0.208. The second-order valence-electron chi connectivity index (χ2n) is 7.27. The maximum Gasteiger partial charge on any atom is 0.271 e. The van der Waals surface area contributed by atoms with Crippen molar-refractivity contribution in [1.82, 2.24) is 5.43 Å². The number of para-hydroxylation sites is 1. The van der Waals surface area contributed by atoms with Crippen LogP contribution in [-0.2, 0) is 4.79 Å². The van der Waals surface area contributed by atoms with Crippen molar-refractivity contribution in [1.29, 1.82) is 0 Å². The third-order valence-corrected chi connectivity index (χ3v) is 4.89. The Morgan fingerprint density at radius 1 is 0.972 bits per heavy atom. The van der Waals surface area contributed by atoms with Gasteiger partial charge in [-0.25, -0.2) is 5.43 Å². The molecule has 0 aliphatic rings. The average Bonchev–Trinajstić information content (AvgIpc) is 2.89. The van der Waals surface area contributed by atoms with Crippen LogP contribution in [0.1, 0.15) is 22.8 Å². The Balaban J connectivity index is 1.59. The number of ether oxygens (including phenoxy) is 3. The number of hydrogen-bond acceptors (Lipinski definition) is 6. The molecular formula is C27H26ClN3O5. The lowest BCUT2D eigenvalue weighted by Crippen LogP contribution is -2.20. The highest BCUT2D eigenvalue weighted by molar-refractivity contribution is 6.30. The number of carbonyl (C=O) groups excluding carboxylic acids is 2. The molecular weight excluding hydrogens is 482 g/mol. The molecule has 3 rings (SSSR count). The molecule has 0 saturated heterocycles. The van der Waals surface area contributed by atoms with Crippen molar-refractivity contribution in [2.24, 2.45) is 5.10 Å². The second-order valence-corrected chi connectivity index (χ2v) is 7.71. The summed E-state index contributed by atoms with van der Waals surface area (Å²) < 4.78 is 16.8. The molecule has 0 aliphatic carbocycles. The van der Waals surface area contributed by atoms with Crippen LogP contribution in [0.25, 0.3) is 0 Å². The number of rotatable bonds is 12. The number of anilines is 1. The van der Waals surface area contributed by atoms with E-state index in [9.17, 15) is 9.59 Å². The van der Waals surface area contributed by atoms with Crippen molar-refractivity contribution < 1.29 is 23.8 Å². The number of nitrogens with one attached hydrogen (secondary N) is 2. The normalized spacial score (nSPS) is 10.5. The Morgan fingerprint density at radius 3 is 2.50 bits per heavy atom. The van der Waals surface area contributed by atoms with Crippen LogP contribution in [0.3, 0.4) is 0 Å². The molecule has 2 amide bonds. The summed E-state index contributed by atoms with van der Waals surface area (Å²) in [6.07, 6.45) is 3.06. The summed E-state index contributed by atoms with van der Waals surface area (Å²) in [5, 5.41) is 7.33. The van der Waals surface area contributed by atoms with Gasteiger partial charge in [0.25, 0.3) is 11.8 Å². The maximum absolute atomic E-state index is 12.6. The SMILES string of the molecule is C=CCOc1ccc(C(=O)N/N=C/c2ccccc2OCC(=O)Nc2ccc(Cl)cc2)cc1OCC. The molecule has 0 atom stereocenters. The van der Waals surface area contributed by atoms with Gasteiger partial charge in [0.15, 0.2) is 18.1 Å². The molecule has 0 radical (unpaired) electrons. The number of benzene rings is 3. The smallest absolute Gasteiger partial charge is 0.271 e. The van der Waals surface area contributed by atoms with Gasteiger partial charge in [0.1, 0.15) is 12.4 Å². The van der Waals surface area contributed by atoms with Crippen molar-refractivity contribution in [3.05, 3.63) is 95.5 Å². The predicted octanol–water partition coefficient (Wildman–Crippen LogP) is 5.08. The first kappa shape index (κ1) is 26.3. The summed E-state index contributed by atoms with van der Waals surface area (Å²) in [6.45, 7) is 6.00. The minimum atomic E-state index is -0.428. The standard InChI is InChI=1S/C27H26ClN3O5/c1-3-15-35-24-14-9-19(16-25(24)34-4-2)27(33)31-29-17-20-7-5-6-8-23(20)36-18-26(32)30-22-12-10-21(28)11-13-22/h3,5-14,16-17H,1,4,15,18H2,2H3,(H,30,32)(H,31,33)/b29-17+. The van der Waals surface area contributed by atoms with Gasteiger partial charge in [-0.3, -0.25) is 9.59 Å². The van der Waals surface area contributed by atoms with E-state index in [1.165, 1.54) is 6.21 Å². The highest BCUT2D eigenvalue weighted by Gasteiger charge is 2.12. The number of nitrogens with zero attached hydrogens (tertiary/aromatic N) is 1. The van der Waals surface area contributed by atoms with Crippen molar-refractivity contribution in [3.8, 4) is 17.2 Å². The summed E-state index contributed by atoms with van der Waals surface area (Å²) in [6, 6.07) is 18.6. The Hall–Kier alpha value is -4.30. The molecule has 0 fully saturated rings. The summed E-state index contributed by atoms with van der Waals surface area (Å²) >= 11 is 5.86. The molecule has 36 heavy (non-hydrogen) atoms. The van der Waals surface area contributed by atoms with Crippen molar-refractivity contribution in [3.63, 3.8) is 0 Å². The molecule has 0 saturated carbocycles. The van der Waals surface area contributed by atoms with Gasteiger partial charge in [-0.05, 0) is 61.5 Å². The van der Waals surface area contributed by atoms with Crippen molar-refractivity contribution in [2.45, 2.75) is 6.92 Å². The van der Waals surface area contributed by atoms with Crippen LogP contribution in [0.5, 0.6) is 17.2 Å². The first-order valence-electron chi connectivity index (χ1n) is 11.1. The molecule has 0 heterocycles. The van der Waals surface area contributed by atoms with E-state index in [0.29, 0.717) is 52.3 Å². The van der Waals surface area contributed by atoms with Gasteiger partial charge in [0.05, 0.1) is 12.8 Å². The van der Waals surface area contributed by atoms with Crippen molar-refractivity contribution in [2.75, 3.05) is 25.1 Å². The number of halogens is 1. The van der Waals surface area contributed by atoms with Gasteiger partial charge < -0.3 is 19.5 Å². The van der Waals surface area contributed by atoms with Crippen LogP contribution < -0.4 is 25.0 Å². The van der Waals surface area contributed by atoms with E-state index in [-0.39, 0.29) is 12.5 Å². The van der Waals surface area contributed by atoms with Gasteiger partial charge in [-0.1, -0.05) is 36.4 Å². The van der Waals surface area contributed by atoms with Crippen LogP contribution >= 0.6 is 11.6 Å². The second kappa shape index (κ2) is 13.6. The van der Waals surface area contributed by atoms with E-state index in [1.54, 1.807) is 72.8 Å². The van der Waals surface area contributed by atoms with Crippen LogP contribution in [0.2, 0.25) is 5.02 Å². The fourth-order valence-corrected chi connectivity index (χ4v) is 3.13. The fraction of sp³-hybridized carbons (Fsp3) is 0.148. The quantitative estimate of drug-likeness (QED) is 0.202. The highest BCUT2D eigenvalue weighted by Crippen LogP contribution is 2.28. The summed E-state index contributed by atoms with van der Waals surface area (Å²) in [5.41, 5.74) is 4.03. The molecule has 2 N–H and O–H groups in total. The molecule has 3 aromatic carbocycles. The number of hydrogen-bond donors (Lipinski definition) is 2. The molecule has 3 aromatic rings. The molecule has 0 unspecified atom stereocenters. The number of hydrazone groups is 1. The van der Waals surface area contributed by atoms with E-state index < -0.39 is 5.91 Å². The Kier molecular flexibility index (Phi) is 9.90. The number of amides is 2. The lowest BCUT2D eigenvalue weighted by Gasteiger charge is -2.12. The van der Waals surface area contributed by atoms with Gasteiger partial charge in [0, 0.05) is 21.8 Å². The summed E-state index contributed by atoms with van der Waals surface area (Å²) in [7, 11) is 0. The Labute approximate surface area is 214 Å².